The second-order valence-corrected chi connectivity index (χ2v) is 6.80. The molecule has 0 saturated heterocycles. The molecule has 2 heterocycles. The highest BCUT2D eigenvalue weighted by Gasteiger charge is 2.27. The minimum atomic E-state index is -0.400. The molecule has 1 aromatic carbocycles. The van der Waals surface area contributed by atoms with E-state index in [9.17, 15) is 10.1 Å². The summed E-state index contributed by atoms with van der Waals surface area (Å²) in [5, 5.41) is 22.9. The van der Waals surface area contributed by atoms with Crippen LogP contribution in [-0.4, -0.2) is 29.5 Å². The van der Waals surface area contributed by atoms with Gasteiger partial charge in [-0.05, 0) is 64.0 Å². The fraction of sp³-hybridized carbons (Fsp3) is 0.353. The maximum absolute atomic E-state index is 11.3. The Morgan fingerprint density at radius 1 is 1.27 bits per heavy atom. The Morgan fingerprint density at radius 2 is 1.96 bits per heavy atom. The van der Waals surface area contributed by atoms with Crippen molar-refractivity contribution in [1.29, 1.82) is 0 Å². The van der Waals surface area contributed by atoms with Gasteiger partial charge in [-0.3, -0.25) is 24.5 Å². The van der Waals surface area contributed by atoms with Crippen molar-refractivity contribution in [3.05, 3.63) is 61.4 Å². The van der Waals surface area contributed by atoms with Crippen molar-refractivity contribution < 1.29 is 4.92 Å². The van der Waals surface area contributed by atoms with Crippen LogP contribution in [-0.2, 0) is 0 Å². The average molecular weight is 372 g/mol. The fourth-order valence-corrected chi connectivity index (χ4v) is 3.42. The standard InChI is InChI=1S/C17H20N6O2S/c1-9-6-7-10(2)14(8-9)21-16(18-19-17(21)26)13(5)22-12(4)15(23(24)25)11(3)20-22/h6-8,13H,1-5H3,(H,19,26)/t13-/m1/s1. The fourth-order valence-electron chi connectivity index (χ4n) is 3.19. The van der Waals surface area contributed by atoms with Gasteiger partial charge in [0.25, 0.3) is 0 Å². The first kappa shape index (κ1) is 18.0. The predicted molar refractivity (Wildman–Crippen MR) is 100 cm³/mol. The number of nitrogens with zero attached hydrogens (tertiary/aromatic N) is 5. The molecule has 2 aromatic heterocycles. The highest BCUT2D eigenvalue weighted by molar-refractivity contribution is 7.71. The van der Waals surface area contributed by atoms with Crippen LogP contribution in [0.5, 0.6) is 0 Å². The second kappa shape index (κ2) is 6.49. The van der Waals surface area contributed by atoms with E-state index in [0.717, 1.165) is 16.8 Å². The highest BCUT2D eigenvalue weighted by Crippen LogP contribution is 2.28. The Kier molecular flexibility index (Phi) is 4.49. The quantitative estimate of drug-likeness (QED) is 0.426. The van der Waals surface area contributed by atoms with Crippen LogP contribution in [0.15, 0.2) is 18.2 Å². The maximum Gasteiger partial charge on any atom is 0.312 e. The molecule has 0 bridgehead atoms. The van der Waals surface area contributed by atoms with Crippen molar-refractivity contribution in [2.45, 2.75) is 40.7 Å². The van der Waals surface area contributed by atoms with Gasteiger partial charge in [-0.2, -0.15) is 10.2 Å². The first-order valence-electron chi connectivity index (χ1n) is 8.17. The SMILES string of the molecule is Cc1ccc(C)c(-n2c([C@@H](C)n3nc(C)c([N+](=O)[O-])c3C)n[nH]c2=S)c1. The third-order valence-electron chi connectivity index (χ3n) is 4.51. The van der Waals surface area contributed by atoms with Crippen molar-refractivity contribution in [1.82, 2.24) is 24.5 Å². The van der Waals surface area contributed by atoms with E-state index >= 15 is 0 Å². The van der Waals surface area contributed by atoms with E-state index in [-0.39, 0.29) is 11.7 Å². The lowest BCUT2D eigenvalue weighted by molar-refractivity contribution is -0.386. The van der Waals surface area contributed by atoms with Gasteiger partial charge in [0.1, 0.15) is 17.4 Å². The topological polar surface area (TPSA) is 94.6 Å². The summed E-state index contributed by atoms with van der Waals surface area (Å²) < 4.78 is 3.96. The van der Waals surface area contributed by atoms with E-state index in [0.29, 0.717) is 22.0 Å². The van der Waals surface area contributed by atoms with E-state index in [1.54, 1.807) is 18.5 Å². The number of hydrogen-bond acceptors (Lipinski definition) is 5. The second-order valence-electron chi connectivity index (χ2n) is 6.41. The molecule has 3 rings (SSSR count). The Balaban J connectivity index is 2.18. The van der Waals surface area contributed by atoms with Crippen LogP contribution in [0.2, 0.25) is 0 Å². The van der Waals surface area contributed by atoms with Gasteiger partial charge in [0, 0.05) is 0 Å². The van der Waals surface area contributed by atoms with E-state index in [1.165, 1.54) is 0 Å². The summed E-state index contributed by atoms with van der Waals surface area (Å²) >= 11 is 5.44. The summed E-state index contributed by atoms with van der Waals surface area (Å²) in [6.45, 7) is 9.25. The van der Waals surface area contributed by atoms with Gasteiger partial charge < -0.3 is 0 Å². The summed E-state index contributed by atoms with van der Waals surface area (Å²) in [7, 11) is 0. The number of aromatic amines is 1. The molecule has 0 aliphatic rings. The Hall–Kier alpha value is -2.81. The van der Waals surface area contributed by atoms with Gasteiger partial charge in [-0.25, -0.2) is 0 Å². The normalized spacial score (nSPS) is 12.3. The molecule has 3 aromatic rings. The largest absolute Gasteiger partial charge is 0.312 e. The smallest absolute Gasteiger partial charge is 0.270 e. The zero-order chi connectivity index (χ0) is 19.2. The van der Waals surface area contributed by atoms with E-state index in [1.807, 2.05) is 43.5 Å². The Morgan fingerprint density at radius 3 is 2.58 bits per heavy atom. The first-order valence-corrected chi connectivity index (χ1v) is 8.58. The molecule has 0 aliphatic carbocycles. The minimum Gasteiger partial charge on any atom is -0.270 e. The number of aromatic nitrogens is 5. The summed E-state index contributed by atoms with van der Waals surface area (Å²) in [6.07, 6.45) is 0. The van der Waals surface area contributed by atoms with E-state index in [4.69, 9.17) is 12.2 Å². The van der Waals surface area contributed by atoms with Crippen LogP contribution in [0, 0.1) is 42.6 Å². The maximum atomic E-state index is 11.3. The molecule has 8 nitrogen and oxygen atoms in total. The summed E-state index contributed by atoms with van der Waals surface area (Å²) in [4.78, 5) is 10.9. The molecule has 0 aliphatic heterocycles. The van der Waals surface area contributed by atoms with Gasteiger partial charge in [0.05, 0.1) is 10.6 Å². The lowest BCUT2D eigenvalue weighted by atomic mass is 10.1. The van der Waals surface area contributed by atoms with Crippen LogP contribution >= 0.6 is 12.2 Å². The van der Waals surface area contributed by atoms with Crippen molar-refractivity contribution >= 4 is 17.9 Å². The number of benzene rings is 1. The third kappa shape index (κ3) is 2.84. The molecular formula is C17H20N6O2S. The van der Waals surface area contributed by atoms with Crippen LogP contribution in [0.3, 0.4) is 0 Å². The zero-order valence-electron chi connectivity index (χ0n) is 15.3. The van der Waals surface area contributed by atoms with Crippen LogP contribution in [0.1, 0.15) is 41.3 Å². The predicted octanol–water partition coefficient (Wildman–Crippen LogP) is 3.88. The van der Waals surface area contributed by atoms with Gasteiger partial charge >= 0.3 is 5.69 Å². The molecule has 1 atom stereocenters. The minimum absolute atomic E-state index is 0.0317. The van der Waals surface area contributed by atoms with Crippen molar-refractivity contribution in [2.24, 2.45) is 0 Å². The molecule has 26 heavy (non-hydrogen) atoms. The van der Waals surface area contributed by atoms with Crippen LogP contribution in [0.4, 0.5) is 5.69 Å². The Bertz CT molecular complexity index is 1060. The van der Waals surface area contributed by atoms with Crippen LogP contribution < -0.4 is 0 Å². The molecule has 0 spiro atoms. The van der Waals surface area contributed by atoms with Gasteiger partial charge in [0.15, 0.2) is 10.6 Å². The molecule has 0 unspecified atom stereocenters. The average Bonchev–Trinajstić information content (AvgIpc) is 3.09. The number of nitro groups is 1. The Labute approximate surface area is 155 Å². The lowest BCUT2D eigenvalue weighted by Crippen LogP contribution is -2.16. The number of aryl methyl sites for hydroxylation is 3. The molecule has 0 fully saturated rings. The van der Waals surface area contributed by atoms with E-state index in [2.05, 4.69) is 15.3 Å². The number of rotatable bonds is 4. The van der Waals surface area contributed by atoms with Crippen molar-refractivity contribution in [2.75, 3.05) is 0 Å². The molecule has 9 heteroatoms. The summed E-state index contributed by atoms with van der Waals surface area (Å²) in [6, 6.07) is 5.77. The summed E-state index contributed by atoms with van der Waals surface area (Å²) in [5.41, 5.74) is 3.99. The van der Waals surface area contributed by atoms with Crippen LogP contribution in [0.25, 0.3) is 5.69 Å². The van der Waals surface area contributed by atoms with Gasteiger partial charge in [-0.15, -0.1) is 0 Å². The molecule has 1 N–H and O–H groups in total. The number of H-pyrrole nitrogens is 1. The zero-order valence-corrected chi connectivity index (χ0v) is 16.1. The number of nitrogens with one attached hydrogen (secondary N) is 1. The summed E-state index contributed by atoms with van der Waals surface area (Å²) in [5.74, 6) is 0.643. The molecule has 0 amide bonds. The highest BCUT2D eigenvalue weighted by atomic mass is 32.1. The van der Waals surface area contributed by atoms with Crippen molar-refractivity contribution in [3.63, 3.8) is 0 Å². The lowest BCUT2D eigenvalue weighted by Gasteiger charge is -2.16. The van der Waals surface area contributed by atoms with Gasteiger partial charge in [-0.1, -0.05) is 12.1 Å². The molecule has 0 saturated carbocycles. The van der Waals surface area contributed by atoms with Crippen molar-refractivity contribution in [3.8, 4) is 5.69 Å². The monoisotopic (exact) mass is 372 g/mol. The van der Waals surface area contributed by atoms with E-state index < -0.39 is 4.92 Å². The molecule has 136 valence electrons. The first-order chi connectivity index (χ1) is 12.2. The molecular weight excluding hydrogens is 352 g/mol. The van der Waals surface area contributed by atoms with Gasteiger partial charge in [0.2, 0.25) is 0 Å². The molecule has 0 radical (unpaired) electrons. The third-order valence-corrected chi connectivity index (χ3v) is 4.79. The number of hydrogen-bond donors (Lipinski definition) is 1.